The van der Waals surface area contributed by atoms with Gasteiger partial charge in [0.15, 0.2) is 0 Å². The Hall–Kier alpha value is 0.01000. The highest BCUT2D eigenvalue weighted by Gasteiger charge is 2.27. The number of rotatable bonds is 9. The Morgan fingerprint density at radius 3 is 2.22 bits per heavy atom. The van der Waals surface area contributed by atoms with Crippen molar-refractivity contribution in [3.63, 3.8) is 0 Å². The van der Waals surface area contributed by atoms with Crippen LogP contribution in [0.2, 0.25) is 0 Å². The van der Waals surface area contributed by atoms with Gasteiger partial charge in [0.2, 0.25) is 10.0 Å². The Balaban J connectivity index is 2.97. The van der Waals surface area contributed by atoms with Gasteiger partial charge in [-0.25, -0.2) is 8.42 Å². The lowest BCUT2D eigenvalue weighted by atomic mass is 10.3. The Bertz CT molecular complexity index is 607. The number of aliphatic hydroxyl groups is 1. The van der Waals surface area contributed by atoms with E-state index in [0.717, 1.165) is 13.1 Å². The van der Waals surface area contributed by atoms with E-state index in [4.69, 9.17) is 0 Å². The van der Waals surface area contributed by atoms with Crippen molar-refractivity contribution in [3.8, 4) is 0 Å². The molecule has 8 heteroatoms. The fourth-order valence-corrected chi connectivity index (χ4v) is 5.23. The number of hydrogen-bond acceptors (Lipinski definition) is 4. The second-order valence-corrected chi connectivity index (χ2v) is 8.85. The molecule has 0 aliphatic heterocycles. The van der Waals surface area contributed by atoms with Crippen molar-refractivity contribution in [2.24, 2.45) is 0 Å². The summed E-state index contributed by atoms with van der Waals surface area (Å²) in [4.78, 5) is 2.27. The van der Waals surface area contributed by atoms with Crippen molar-refractivity contribution >= 4 is 41.9 Å². The molecule has 1 atom stereocenters. The first-order valence-electron chi connectivity index (χ1n) is 7.61. The number of hydrogen-bond donors (Lipinski definition) is 1. The van der Waals surface area contributed by atoms with E-state index in [-0.39, 0.29) is 11.4 Å². The Morgan fingerprint density at radius 1 is 1.09 bits per heavy atom. The second-order valence-electron chi connectivity index (χ2n) is 5.17. The molecule has 0 aliphatic carbocycles. The summed E-state index contributed by atoms with van der Waals surface area (Å²) < 4.78 is 28.2. The van der Waals surface area contributed by atoms with Crippen molar-refractivity contribution in [2.75, 3.05) is 32.7 Å². The molecule has 0 bridgehead atoms. The van der Waals surface area contributed by atoms with Crippen LogP contribution in [0.5, 0.6) is 0 Å². The molecule has 0 amide bonds. The minimum absolute atomic E-state index is 0.0777. The first kappa shape index (κ1) is 21.1. The molecule has 0 radical (unpaired) electrons. The van der Waals surface area contributed by atoms with Gasteiger partial charge in [-0.3, -0.25) is 0 Å². The van der Waals surface area contributed by atoms with Crippen LogP contribution in [0.15, 0.2) is 32.0 Å². The van der Waals surface area contributed by atoms with Gasteiger partial charge in [-0.1, -0.05) is 36.7 Å². The SMILES string of the molecule is CCN(CC)CC(O)CN(CC)S(=O)(=O)c1cc(Br)ccc1Br. The lowest BCUT2D eigenvalue weighted by molar-refractivity contribution is 0.100. The van der Waals surface area contributed by atoms with Crippen molar-refractivity contribution in [2.45, 2.75) is 31.8 Å². The second kappa shape index (κ2) is 9.48. The summed E-state index contributed by atoms with van der Waals surface area (Å²) in [7, 11) is -3.67. The average Bonchev–Trinajstić information content (AvgIpc) is 2.52. The summed E-state index contributed by atoms with van der Waals surface area (Å²) in [6.07, 6.45) is -0.726. The maximum Gasteiger partial charge on any atom is 0.244 e. The lowest BCUT2D eigenvalue weighted by Gasteiger charge is -2.27. The van der Waals surface area contributed by atoms with Gasteiger partial charge in [0.1, 0.15) is 0 Å². The quantitative estimate of drug-likeness (QED) is 0.601. The van der Waals surface area contributed by atoms with Crippen molar-refractivity contribution in [1.29, 1.82) is 0 Å². The zero-order valence-corrected chi connectivity index (χ0v) is 17.7. The Kier molecular flexibility index (Phi) is 8.68. The molecule has 0 saturated heterocycles. The molecule has 1 aromatic rings. The molecule has 0 aromatic heterocycles. The van der Waals surface area contributed by atoms with E-state index in [1.807, 2.05) is 13.8 Å². The number of halogens is 2. The van der Waals surface area contributed by atoms with E-state index >= 15 is 0 Å². The normalized spacial score (nSPS) is 13.7. The summed E-state index contributed by atoms with van der Waals surface area (Å²) in [6, 6.07) is 5.03. The van der Waals surface area contributed by atoms with E-state index < -0.39 is 16.1 Å². The third-order valence-corrected chi connectivity index (χ3v) is 7.07. The van der Waals surface area contributed by atoms with E-state index in [0.29, 0.717) is 22.0 Å². The summed E-state index contributed by atoms with van der Waals surface area (Å²) in [5.41, 5.74) is 0. The number of sulfonamides is 1. The lowest BCUT2D eigenvalue weighted by Crippen LogP contribution is -2.42. The standard InChI is InChI=1S/C15H24Br2N2O3S/c1-4-18(5-2)10-13(20)11-19(6-3)23(21,22)15-9-12(16)7-8-14(15)17/h7-9,13,20H,4-6,10-11H2,1-3H3. The van der Waals surface area contributed by atoms with Crippen LogP contribution in [-0.2, 0) is 10.0 Å². The molecule has 23 heavy (non-hydrogen) atoms. The molecular weight excluding hydrogens is 448 g/mol. The molecule has 0 heterocycles. The molecule has 1 unspecified atom stereocenters. The van der Waals surface area contributed by atoms with Crippen LogP contribution in [-0.4, -0.2) is 61.6 Å². The third-order valence-electron chi connectivity index (χ3n) is 3.64. The van der Waals surface area contributed by atoms with Gasteiger partial charge in [-0.15, -0.1) is 0 Å². The van der Waals surface area contributed by atoms with Gasteiger partial charge in [0, 0.05) is 28.6 Å². The zero-order chi connectivity index (χ0) is 17.6. The van der Waals surface area contributed by atoms with Crippen LogP contribution in [0.25, 0.3) is 0 Å². The van der Waals surface area contributed by atoms with Gasteiger partial charge < -0.3 is 10.0 Å². The van der Waals surface area contributed by atoms with Gasteiger partial charge in [0.05, 0.1) is 11.0 Å². The predicted molar refractivity (Wildman–Crippen MR) is 100 cm³/mol. The maximum atomic E-state index is 12.8. The fourth-order valence-electron chi connectivity index (χ4n) is 2.28. The Morgan fingerprint density at radius 2 is 1.70 bits per heavy atom. The van der Waals surface area contributed by atoms with Crippen LogP contribution < -0.4 is 0 Å². The first-order chi connectivity index (χ1) is 10.8. The van der Waals surface area contributed by atoms with Gasteiger partial charge >= 0.3 is 0 Å². The number of aliphatic hydroxyl groups excluding tert-OH is 1. The number of benzene rings is 1. The molecule has 5 nitrogen and oxygen atoms in total. The minimum Gasteiger partial charge on any atom is -0.390 e. The molecule has 0 fully saturated rings. The highest BCUT2D eigenvalue weighted by Crippen LogP contribution is 2.28. The monoisotopic (exact) mass is 470 g/mol. The fraction of sp³-hybridized carbons (Fsp3) is 0.600. The first-order valence-corrected chi connectivity index (χ1v) is 10.6. The van der Waals surface area contributed by atoms with E-state index in [1.54, 1.807) is 25.1 Å². The third kappa shape index (κ3) is 5.79. The highest BCUT2D eigenvalue weighted by atomic mass is 79.9. The predicted octanol–water partition coefficient (Wildman–Crippen LogP) is 2.92. The summed E-state index contributed by atoms with van der Waals surface area (Å²) in [5, 5.41) is 10.2. The van der Waals surface area contributed by atoms with Crippen molar-refractivity contribution in [1.82, 2.24) is 9.21 Å². The molecule has 132 valence electrons. The van der Waals surface area contributed by atoms with E-state index in [1.165, 1.54) is 4.31 Å². The maximum absolute atomic E-state index is 12.8. The Labute approximate surface area is 156 Å². The van der Waals surface area contributed by atoms with Gasteiger partial charge in [-0.05, 0) is 47.2 Å². The van der Waals surface area contributed by atoms with Crippen molar-refractivity contribution in [3.05, 3.63) is 27.1 Å². The summed E-state index contributed by atoms with van der Waals surface area (Å²) in [5.74, 6) is 0. The van der Waals surface area contributed by atoms with Crippen LogP contribution in [0.1, 0.15) is 20.8 Å². The molecule has 0 spiro atoms. The highest BCUT2D eigenvalue weighted by molar-refractivity contribution is 9.11. The minimum atomic E-state index is -3.67. The smallest absolute Gasteiger partial charge is 0.244 e. The van der Waals surface area contributed by atoms with Crippen LogP contribution in [0, 0.1) is 0 Å². The van der Waals surface area contributed by atoms with Crippen LogP contribution >= 0.6 is 31.9 Å². The number of nitrogens with zero attached hydrogens (tertiary/aromatic N) is 2. The topological polar surface area (TPSA) is 60.9 Å². The van der Waals surface area contributed by atoms with Gasteiger partial charge in [-0.2, -0.15) is 4.31 Å². The number of likely N-dealkylation sites (N-methyl/N-ethyl adjacent to an activating group) is 2. The van der Waals surface area contributed by atoms with Crippen molar-refractivity contribution < 1.29 is 13.5 Å². The molecule has 1 aromatic carbocycles. The van der Waals surface area contributed by atoms with E-state index in [2.05, 4.69) is 36.8 Å². The molecule has 1 N–H and O–H groups in total. The molecular formula is C15H24Br2N2O3S. The van der Waals surface area contributed by atoms with Crippen LogP contribution in [0.3, 0.4) is 0 Å². The molecule has 0 saturated carbocycles. The zero-order valence-electron chi connectivity index (χ0n) is 13.7. The average molecular weight is 472 g/mol. The summed E-state index contributed by atoms with van der Waals surface area (Å²) in [6.45, 7) is 8.29. The van der Waals surface area contributed by atoms with Gasteiger partial charge in [0.25, 0.3) is 0 Å². The molecule has 1 rings (SSSR count). The van der Waals surface area contributed by atoms with Crippen LogP contribution in [0.4, 0.5) is 0 Å². The van der Waals surface area contributed by atoms with E-state index in [9.17, 15) is 13.5 Å². The largest absolute Gasteiger partial charge is 0.390 e. The molecule has 0 aliphatic rings. The summed E-state index contributed by atoms with van der Waals surface area (Å²) >= 11 is 6.60.